The van der Waals surface area contributed by atoms with E-state index in [1.54, 1.807) is 35.7 Å². The summed E-state index contributed by atoms with van der Waals surface area (Å²) in [6.07, 6.45) is 1.53. The van der Waals surface area contributed by atoms with Gasteiger partial charge < -0.3 is 19.4 Å². The van der Waals surface area contributed by atoms with E-state index in [0.29, 0.717) is 16.3 Å². The molecule has 0 radical (unpaired) electrons. The van der Waals surface area contributed by atoms with Gasteiger partial charge in [-0.2, -0.15) is 0 Å². The highest BCUT2D eigenvalue weighted by molar-refractivity contribution is 7.13. The van der Waals surface area contributed by atoms with E-state index in [1.807, 2.05) is 6.07 Å². The number of phenolic OH excluding ortho intramolecular Hbond substituents is 1. The number of thiazole rings is 1. The van der Waals surface area contributed by atoms with Crippen LogP contribution in [0.25, 0.3) is 11.0 Å². The van der Waals surface area contributed by atoms with Gasteiger partial charge in [0.05, 0.1) is 18.7 Å². The van der Waals surface area contributed by atoms with Gasteiger partial charge in [0.1, 0.15) is 5.58 Å². The summed E-state index contributed by atoms with van der Waals surface area (Å²) in [5.41, 5.74) is 0.823. The number of ketones is 1. The third-order valence-electron chi connectivity index (χ3n) is 5.25. The molecule has 0 saturated heterocycles. The van der Waals surface area contributed by atoms with Gasteiger partial charge in [0, 0.05) is 17.0 Å². The summed E-state index contributed by atoms with van der Waals surface area (Å²) in [6, 6.07) is 12.2. The van der Waals surface area contributed by atoms with E-state index in [4.69, 9.17) is 9.15 Å². The Labute approximate surface area is 185 Å². The van der Waals surface area contributed by atoms with Crippen molar-refractivity contribution >= 4 is 39.1 Å². The first-order chi connectivity index (χ1) is 15.5. The minimum Gasteiger partial charge on any atom is -0.504 e. The lowest BCUT2D eigenvalue weighted by Crippen LogP contribution is -2.30. The molecule has 0 bridgehead atoms. The summed E-state index contributed by atoms with van der Waals surface area (Å²) in [4.78, 5) is 32.0. The van der Waals surface area contributed by atoms with E-state index < -0.39 is 23.5 Å². The fourth-order valence-electron chi connectivity index (χ4n) is 3.78. The maximum Gasteiger partial charge on any atom is 0.296 e. The molecule has 1 aliphatic rings. The zero-order chi connectivity index (χ0) is 22.4. The lowest BCUT2D eigenvalue weighted by Gasteiger charge is -2.24. The molecule has 0 saturated carbocycles. The molecule has 2 N–H and O–H groups in total. The van der Waals surface area contributed by atoms with Gasteiger partial charge in [0.25, 0.3) is 5.91 Å². The molecule has 32 heavy (non-hydrogen) atoms. The number of amides is 1. The summed E-state index contributed by atoms with van der Waals surface area (Å²) in [5.74, 6) is -1.99. The quantitative estimate of drug-likeness (QED) is 0.436. The standard InChI is InChI=1S/C23H16N2O6S/c1-30-16-11-13(6-7-14(16)26)19-18(21(28)22(29)25(19)23-24-8-9-32-23)20(27)17-10-12-4-2-3-5-15(12)31-17/h2-11,19,26,28H,1H3. The van der Waals surface area contributed by atoms with E-state index in [1.165, 1.54) is 41.7 Å². The fourth-order valence-corrected chi connectivity index (χ4v) is 4.44. The number of aliphatic hydroxyl groups excluding tert-OH is 1. The summed E-state index contributed by atoms with van der Waals surface area (Å²) in [6.45, 7) is 0. The lowest BCUT2D eigenvalue weighted by molar-refractivity contribution is -0.117. The second kappa shape index (κ2) is 7.54. The number of methoxy groups -OCH3 is 1. The molecule has 5 rings (SSSR count). The van der Waals surface area contributed by atoms with Crippen molar-refractivity contribution in [2.24, 2.45) is 0 Å². The van der Waals surface area contributed by atoms with Crippen LogP contribution in [0.15, 0.2) is 75.9 Å². The number of aliphatic hydroxyl groups is 1. The molecule has 0 spiro atoms. The van der Waals surface area contributed by atoms with Gasteiger partial charge in [-0.25, -0.2) is 4.98 Å². The third-order valence-corrected chi connectivity index (χ3v) is 6.02. The highest BCUT2D eigenvalue weighted by Gasteiger charge is 2.46. The number of fused-ring (bicyclic) bond motifs is 1. The fraction of sp³-hybridized carbons (Fsp3) is 0.0870. The van der Waals surface area contributed by atoms with Crippen molar-refractivity contribution in [2.45, 2.75) is 6.04 Å². The number of anilines is 1. The van der Waals surface area contributed by atoms with Crippen molar-refractivity contribution < 1.29 is 29.0 Å². The number of aromatic nitrogens is 1. The highest BCUT2D eigenvalue weighted by atomic mass is 32.1. The highest BCUT2D eigenvalue weighted by Crippen LogP contribution is 2.44. The number of benzene rings is 2. The third kappa shape index (κ3) is 3.02. The van der Waals surface area contributed by atoms with E-state index in [2.05, 4.69) is 4.98 Å². The van der Waals surface area contributed by atoms with Crippen molar-refractivity contribution in [1.29, 1.82) is 0 Å². The van der Waals surface area contributed by atoms with Crippen LogP contribution in [0.5, 0.6) is 11.5 Å². The molecule has 0 fully saturated rings. The first-order valence-corrected chi connectivity index (χ1v) is 10.4. The summed E-state index contributed by atoms with van der Waals surface area (Å²) >= 11 is 1.19. The Bertz CT molecular complexity index is 1360. The Morgan fingerprint density at radius 2 is 2.00 bits per heavy atom. The van der Waals surface area contributed by atoms with Crippen LogP contribution in [0.2, 0.25) is 0 Å². The van der Waals surface area contributed by atoms with Crippen LogP contribution in [0, 0.1) is 0 Å². The van der Waals surface area contributed by atoms with Gasteiger partial charge in [-0.15, -0.1) is 11.3 Å². The van der Waals surface area contributed by atoms with Crippen LogP contribution in [0.4, 0.5) is 5.13 Å². The number of nitrogens with zero attached hydrogens (tertiary/aromatic N) is 2. The van der Waals surface area contributed by atoms with Crippen LogP contribution in [0.3, 0.4) is 0 Å². The number of hydrogen-bond acceptors (Lipinski definition) is 8. The number of ether oxygens (including phenoxy) is 1. The van der Waals surface area contributed by atoms with Gasteiger partial charge in [0.15, 0.2) is 28.1 Å². The van der Waals surface area contributed by atoms with E-state index in [-0.39, 0.29) is 22.8 Å². The number of Topliss-reactive ketones (excluding diaryl/α,β-unsaturated/α-hetero) is 1. The topological polar surface area (TPSA) is 113 Å². The second-order valence-corrected chi connectivity index (χ2v) is 7.94. The van der Waals surface area contributed by atoms with Crippen molar-refractivity contribution in [2.75, 3.05) is 12.0 Å². The monoisotopic (exact) mass is 448 g/mol. The molecule has 2 aromatic heterocycles. The molecule has 1 unspecified atom stereocenters. The molecule has 0 aliphatic carbocycles. The maximum absolute atomic E-state index is 13.5. The Kier molecular flexibility index (Phi) is 4.67. The van der Waals surface area contributed by atoms with Crippen LogP contribution in [-0.4, -0.2) is 34.0 Å². The molecule has 160 valence electrons. The molecule has 8 nitrogen and oxygen atoms in total. The maximum atomic E-state index is 13.5. The van der Waals surface area contributed by atoms with Gasteiger partial charge in [-0.1, -0.05) is 24.3 Å². The Balaban J connectivity index is 1.68. The van der Waals surface area contributed by atoms with Crippen molar-refractivity contribution in [3.63, 3.8) is 0 Å². The Morgan fingerprint density at radius 1 is 1.19 bits per heavy atom. The zero-order valence-electron chi connectivity index (χ0n) is 16.7. The normalized spacial score (nSPS) is 16.2. The molecule has 9 heteroatoms. The number of carbonyl (C=O) groups excluding carboxylic acids is 2. The van der Waals surface area contributed by atoms with Gasteiger partial charge in [-0.3, -0.25) is 14.5 Å². The average molecular weight is 448 g/mol. The first-order valence-electron chi connectivity index (χ1n) is 9.56. The molecular formula is C23H16N2O6S. The van der Waals surface area contributed by atoms with Crippen molar-refractivity contribution in [3.8, 4) is 11.5 Å². The van der Waals surface area contributed by atoms with Gasteiger partial charge in [-0.05, 0) is 29.8 Å². The summed E-state index contributed by atoms with van der Waals surface area (Å²) in [7, 11) is 1.39. The molecular weight excluding hydrogens is 432 g/mol. The molecule has 1 amide bonds. The van der Waals surface area contributed by atoms with Crippen molar-refractivity contribution in [3.05, 3.63) is 82.8 Å². The molecule has 1 atom stereocenters. The zero-order valence-corrected chi connectivity index (χ0v) is 17.5. The smallest absolute Gasteiger partial charge is 0.296 e. The molecule has 3 heterocycles. The minimum atomic E-state index is -0.996. The average Bonchev–Trinajstić information content (AvgIpc) is 3.53. The van der Waals surface area contributed by atoms with Gasteiger partial charge in [0.2, 0.25) is 5.78 Å². The molecule has 1 aliphatic heterocycles. The predicted octanol–water partition coefficient (Wildman–Crippen LogP) is 4.39. The van der Waals surface area contributed by atoms with E-state index in [9.17, 15) is 19.8 Å². The van der Waals surface area contributed by atoms with Gasteiger partial charge >= 0.3 is 0 Å². The van der Waals surface area contributed by atoms with E-state index >= 15 is 0 Å². The second-order valence-electron chi connectivity index (χ2n) is 7.06. The number of hydrogen-bond donors (Lipinski definition) is 2. The van der Waals surface area contributed by atoms with Crippen molar-refractivity contribution in [1.82, 2.24) is 4.98 Å². The molecule has 4 aromatic rings. The summed E-state index contributed by atoms with van der Waals surface area (Å²) < 4.78 is 10.9. The largest absolute Gasteiger partial charge is 0.504 e. The summed E-state index contributed by atoms with van der Waals surface area (Å²) in [5, 5.41) is 23.5. The number of furan rings is 1. The number of rotatable bonds is 5. The Morgan fingerprint density at radius 3 is 2.72 bits per heavy atom. The number of phenols is 1. The lowest BCUT2D eigenvalue weighted by atomic mass is 9.95. The number of aromatic hydroxyl groups is 1. The molecule has 2 aromatic carbocycles. The van der Waals surface area contributed by atoms with Crippen LogP contribution >= 0.6 is 11.3 Å². The number of carbonyl (C=O) groups is 2. The SMILES string of the molecule is COc1cc(C2C(C(=O)c3cc4ccccc4o3)=C(O)C(=O)N2c2nccs2)ccc1O. The van der Waals surface area contributed by atoms with E-state index in [0.717, 1.165) is 5.39 Å². The Hall–Kier alpha value is -4.11. The van der Waals surface area contributed by atoms with Crippen LogP contribution in [0.1, 0.15) is 22.2 Å². The van der Waals surface area contributed by atoms with Crippen LogP contribution < -0.4 is 9.64 Å². The first kappa shape index (κ1) is 19.8. The predicted molar refractivity (Wildman–Crippen MR) is 117 cm³/mol. The minimum absolute atomic E-state index is 0.00252. The number of para-hydroxylation sites is 1. The van der Waals surface area contributed by atoms with Crippen LogP contribution in [-0.2, 0) is 4.79 Å².